The van der Waals surface area contributed by atoms with Crippen LogP contribution in [-0.2, 0) is 20.9 Å². The largest absolute Gasteiger partial charge is 0.493 e. The highest BCUT2D eigenvalue weighted by atomic mass is 16.7. The van der Waals surface area contributed by atoms with Gasteiger partial charge in [-0.25, -0.2) is 9.59 Å². The molecule has 0 radical (unpaired) electrons. The van der Waals surface area contributed by atoms with Gasteiger partial charge in [-0.15, -0.1) is 0 Å². The number of hydrogen-bond acceptors (Lipinski definition) is 8. The second kappa shape index (κ2) is 11.9. The molecule has 4 rings (SSSR count). The van der Waals surface area contributed by atoms with Gasteiger partial charge in [0.25, 0.3) is 5.91 Å². The number of likely N-dealkylation sites (tertiary alicyclic amines) is 1. The minimum absolute atomic E-state index is 0.274. The standard InChI is InChI=1S/C27H32N4O7/c1-4-37-25(33)19-6-5-7-20(15-19)29-26(34)31-12-10-27(11-13-31)16-21(30-38-27)24(32)28-17-18-8-9-22(35-2)23(14-18)36-3/h5-9,14-16,30H,4,10-13,17H2,1-3H3,(H,28,32)(H,29,34). The van der Waals surface area contributed by atoms with Crippen LogP contribution >= 0.6 is 0 Å². The molecule has 0 atom stereocenters. The summed E-state index contributed by atoms with van der Waals surface area (Å²) in [5.74, 6) is 0.466. The lowest BCUT2D eigenvalue weighted by Crippen LogP contribution is -2.48. The Labute approximate surface area is 221 Å². The lowest BCUT2D eigenvalue weighted by atomic mass is 9.91. The Bertz CT molecular complexity index is 1220. The van der Waals surface area contributed by atoms with Crippen LogP contribution in [0.4, 0.5) is 10.5 Å². The summed E-state index contributed by atoms with van der Waals surface area (Å²) in [6.07, 6.45) is 2.82. The van der Waals surface area contributed by atoms with Gasteiger partial charge in [-0.1, -0.05) is 12.1 Å². The summed E-state index contributed by atoms with van der Waals surface area (Å²) in [4.78, 5) is 45.0. The molecule has 1 saturated heterocycles. The number of hydrogen-bond donors (Lipinski definition) is 3. The smallest absolute Gasteiger partial charge is 0.338 e. The molecule has 2 aliphatic rings. The van der Waals surface area contributed by atoms with Gasteiger partial charge >= 0.3 is 12.0 Å². The zero-order valence-corrected chi connectivity index (χ0v) is 21.7. The van der Waals surface area contributed by atoms with Crippen molar-refractivity contribution in [2.24, 2.45) is 0 Å². The Kier molecular flexibility index (Phi) is 8.37. The lowest BCUT2D eigenvalue weighted by Gasteiger charge is -2.36. The van der Waals surface area contributed by atoms with Crippen molar-refractivity contribution < 1.29 is 33.4 Å². The van der Waals surface area contributed by atoms with E-state index in [1.165, 1.54) is 0 Å². The number of benzene rings is 2. The van der Waals surface area contributed by atoms with Crippen molar-refractivity contribution in [3.8, 4) is 11.5 Å². The molecule has 3 amide bonds. The molecule has 3 N–H and O–H groups in total. The highest BCUT2D eigenvalue weighted by Gasteiger charge is 2.41. The number of methoxy groups -OCH3 is 2. The van der Waals surface area contributed by atoms with Crippen LogP contribution < -0.4 is 25.6 Å². The Hall–Kier alpha value is -4.25. The zero-order chi connectivity index (χ0) is 27.1. The highest BCUT2D eigenvalue weighted by Crippen LogP contribution is 2.32. The van der Waals surface area contributed by atoms with E-state index in [0.29, 0.717) is 60.9 Å². The Morgan fingerprint density at radius 2 is 1.82 bits per heavy atom. The van der Waals surface area contributed by atoms with E-state index in [0.717, 1.165) is 5.56 Å². The number of carbonyl (C=O) groups excluding carboxylic acids is 3. The van der Waals surface area contributed by atoms with E-state index < -0.39 is 11.6 Å². The van der Waals surface area contributed by atoms with Gasteiger partial charge in [-0.3, -0.25) is 15.1 Å². The summed E-state index contributed by atoms with van der Waals surface area (Å²) >= 11 is 0. The van der Waals surface area contributed by atoms with Crippen LogP contribution in [0.25, 0.3) is 0 Å². The first-order chi connectivity index (χ1) is 18.4. The van der Waals surface area contributed by atoms with E-state index in [4.69, 9.17) is 19.0 Å². The van der Waals surface area contributed by atoms with Gasteiger partial charge in [0.15, 0.2) is 11.5 Å². The summed E-state index contributed by atoms with van der Waals surface area (Å²) in [6, 6.07) is 11.8. The molecule has 2 aliphatic heterocycles. The van der Waals surface area contributed by atoms with Crippen LogP contribution in [0.3, 0.4) is 0 Å². The molecular weight excluding hydrogens is 492 g/mol. The number of nitrogens with zero attached hydrogens (tertiary/aromatic N) is 1. The molecule has 0 unspecified atom stereocenters. The number of anilines is 1. The predicted octanol–water partition coefficient (Wildman–Crippen LogP) is 2.98. The molecular formula is C27H32N4O7. The average molecular weight is 525 g/mol. The molecule has 2 aromatic rings. The van der Waals surface area contributed by atoms with Crippen molar-refractivity contribution >= 4 is 23.6 Å². The van der Waals surface area contributed by atoms with Crippen LogP contribution in [0.2, 0.25) is 0 Å². The second-order valence-electron chi connectivity index (χ2n) is 8.92. The normalized spacial score (nSPS) is 15.8. The van der Waals surface area contributed by atoms with Crippen LogP contribution in [0.1, 0.15) is 35.7 Å². The van der Waals surface area contributed by atoms with Gasteiger partial charge in [0.1, 0.15) is 11.3 Å². The van der Waals surface area contributed by atoms with Crippen LogP contribution in [-0.4, -0.2) is 62.3 Å². The van der Waals surface area contributed by atoms with E-state index in [9.17, 15) is 14.4 Å². The highest BCUT2D eigenvalue weighted by molar-refractivity contribution is 5.94. The first-order valence-corrected chi connectivity index (χ1v) is 12.4. The molecule has 0 aliphatic carbocycles. The summed E-state index contributed by atoms with van der Waals surface area (Å²) in [6.45, 7) is 3.18. The fourth-order valence-corrected chi connectivity index (χ4v) is 4.33. The fourth-order valence-electron chi connectivity index (χ4n) is 4.33. The Balaban J connectivity index is 1.29. The minimum atomic E-state index is -0.670. The van der Waals surface area contributed by atoms with Gasteiger partial charge in [0.2, 0.25) is 0 Å². The monoisotopic (exact) mass is 524 g/mol. The van der Waals surface area contributed by atoms with Gasteiger partial charge in [0, 0.05) is 38.2 Å². The van der Waals surface area contributed by atoms with Crippen molar-refractivity contribution in [3.05, 3.63) is 65.4 Å². The quantitative estimate of drug-likeness (QED) is 0.450. The van der Waals surface area contributed by atoms with E-state index in [-0.39, 0.29) is 18.5 Å². The number of hydroxylamine groups is 1. The number of urea groups is 1. The maximum absolute atomic E-state index is 12.8. The van der Waals surface area contributed by atoms with Crippen LogP contribution in [0.15, 0.2) is 54.2 Å². The fraction of sp³-hybridized carbons (Fsp3) is 0.370. The maximum atomic E-state index is 12.8. The number of piperidine rings is 1. The second-order valence-corrected chi connectivity index (χ2v) is 8.92. The summed E-state index contributed by atoms with van der Waals surface area (Å²) < 4.78 is 15.6. The molecule has 2 heterocycles. The number of nitrogens with one attached hydrogen (secondary N) is 3. The van der Waals surface area contributed by atoms with Gasteiger partial charge < -0.3 is 29.7 Å². The average Bonchev–Trinajstić information content (AvgIpc) is 3.35. The first kappa shape index (κ1) is 26.8. The van der Waals surface area contributed by atoms with Gasteiger partial charge in [0.05, 0.1) is 26.4 Å². The molecule has 0 aromatic heterocycles. The lowest BCUT2D eigenvalue weighted by molar-refractivity contribution is -0.120. The van der Waals surface area contributed by atoms with E-state index >= 15 is 0 Å². The summed E-state index contributed by atoms with van der Waals surface area (Å²) in [7, 11) is 3.12. The molecule has 11 heteroatoms. The molecule has 0 bridgehead atoms. The number of carbonyl (C=O) groups is 3. The van der Waals surface area contributed by atoms with E-state index in [1.807, 2.05) is 6.07 Å². The molecule has 0 saturated carbocycles. The summed E-state index contributed by atoms with van der Waals surface area (Å²) in [5, 5.41) is 5.70. The predicted molar refractivity (Wildman–Crippen MR) is 139 cm³/mol. The van der Waals surface area contributed by atoms with Crippen LogP contribution in [0.5, 0.6) is 11.5 Å². The molecule has 202 valence electrons. The summed E-state index contributed by atoms with van der Waals surface area (Å²) in [5.41, 5.74) is 4.15. The first-order valence-electron chi connectivity index (χ1n) is 12.4. The van der Waals surface area contributed by atoms with Crippen molar-refractivity contribution in [2.45, 2.75) is 31.9 Å². The third-order valence-electron chi connectivity index (χ3n) is 6.44. The number of ether oxygens (including phenoxy) is 3. The third kappa shape index (κ3) is 6.17. The number of esters is 1. The molecule has 38 heavy (non-hydrogen) atoms. The number of amides is 3. The minimum Gasteiger partial charge on any atom is -0.493 e. The SMILES string of the molecule is CCOC(=O)c1cccc(NC(=O)N2CCC3(C=C(C(=O)NCc4ccc(OC)c(OC)c4)NO3)CC2)c1. The van der Waals surface area contributed by atoms with E-state index in [2.05, 4.69) is 16.1 Å². The third-order valence-corrected chi connectivity index (χ3v) is 6.44. The van der Waals surface area contributed by atoms with Gasteiger partial charge in [-0.05, 0) is 48.9 Å². The zero-order valence-electron chi connectivity index (χ0n) is 21.7. The maximum Gasteiger partial charge on any atom is 0.338 e. The molecule has 11 nitrogen and oxygen atoms in total. The Morgan fingerprint density at radius 1 is 1.05 bits per heavy atom. The van der Waals surface area contributed by atoms with E-state index in [1.54, 1.807) is 68.5 Å². The van der Waals surface area contributed by atoms with Crippen molar-refractivity contribution in [3.63, 3.8) is 0 Å². The molecule has 2 aromatic carbocycles. The number of rotatable bonds is 8. The molecule has 1 fully saturated rings. The topological polar surface area (TPSA) is 127 Å². The Morgan fingerprint density at radius 3 is 2.53 bits per heavy atom. The molecule has 1 spiro atoms. The van der Waals surface area contributed by atoms with Crippen molar-refractivity contribution in [1.29, 1.82) is 0 Å². The van der Waals surface area contributed by atoms with Crippen molar-refractivity contribution in [1.82, 2.24) is 15.7 Å². The van der Waals surface area contributed by atoms with Crippen LogP contribution in [0, 0.1) is 0 Å². The van der Waals surface area contributed by atoms with Gasteiger partial charge in [-0.2, -0.15) is 0 Å². The van der Waals surface area contributed by atoms with Crippen molar-refractivity contribution in [2.75, 3.05) is 39.2 Å².